The van der Waals surface area contributed by atoms with E-state index in [1.807, 2.05) is 0 Å². The molecule has 96 valence electrons. The Morgan fingerprint density at radius 2 is 2.22 bits per heavy atom. The summed E-state index contributed by atoms with van der Waals surface area (Å²) >= 11 is 0. The minimum atomic E-state index is -0.649. The maximum absolute atomic E-state index is 11.6. The van der Waals surface area contributed by atoms with Crippen LogP contribution in [0.3, 0.4) is 0 Å². The monoisotopic (exact) mass is 251 g/mol. The molecule has 0 bridgehead atoms. The second kappa shape index (κ2) is 5.01. The molecule has 0 aromatic heterocycles. The number of carbonyl (C=O) groups excluding carboxylic acids is 1. The minimum absolute atomic E-state index is 0.0795. The van der Waals surface area contributed by atoms with Gasteiger partial charge >= 0.3 is 0 Å². The van der Waals surface area contributed by atoms with Crippen molar-refractivity contribution in [3.63, 3.8) is 0 Å². The van der Waals surface area contributed by atoms with Gasteiger partial charge in [-0.3, -0.25) is 14.9 Å². The Kier molecular flexibility index (Phi) is 3.42. The second-order valence-corrected chi connectivity index (χ2v) is 4.13. The molecule has 1 aromatic carbocycles. The number of nitro benzene ring substituents is 1. The number of anilines is 1. The Hall–Kier alpha value is -2.15. The normalized spacial score (nSPS) is 14.2. The summed E-state index contributed by atoms with van der Waals surface area (Å²) in [6.45, 7) is 0.0795. The van der Waals surface area contributed by atoms with Gasteiger partial charge in [0.05, 0.1) is 11.5 Å². The molecule has 1 aliphatic rings. The molecule has 0 atom stereocenters. The number of hydrogen-bond acceptors (Lipinski definition) is 5. The summed E-state index contributed by atoms with van der Waals surface area (Å²) in [5.74, 6) is -0.726. The Morgan fingerprint density at radius 3 is 2.83 bits per heavy atom. The first-order valence-corrected chi connectivity index (χ1v) is 5.57. The molecule has 3 N–H and O–H groups in total. The van der Waals surface area contributed by atoms with Crippen LogP contribution in [0.2, 0.25) is 0 Å². The van der Waals surface area contributed by atoms with E-state index in [2.05, 4.69) is 10.6 Å². The van der Waals surface area contributed by atoms with E-state index < -0.39 is 10.8 Å². The van der Waals surface area contributed by atoms with Gasteiger partial charge in [-0.05, 0) is 18.9 Å². The highest BCUT2D eigenvalue weighted by Crippen LogP contribution is 2.32. The molecule has 0 heterocycles. The van der Waals surface area contributed by atoms with Crippen LogP contribution in [0.5, 0.6) is 5.75 Å². The molecular weight excluding hydrogens is 238 g/mol. The highest BCUT2D eigenvalue weighted by molar-refractivity contribution is 5.96. The first-order chi connectivity index (χ1) is 8.58. The number of nitrogens with one attached hydrogen (secondary N) is 2. The summed E-state index contributed by atoms with van der Waals surface area (Å²) in [6, 6.07) is 4.24. The van der Waals surface area contributed by atoms with E-state index in [9.17, 15) is 20.0 Å². The third kappa shape index (κ3) is 2.95. The number of nitro groups is 1. The lowest BCUT2D eigenvalue weighted by Gasteiger charge is -2.08. The topological polar surface area (TPSA) is 104 Å². The molecule has 18 heavy (non-hydrogen) atoms. The summed E-state index contributed by atoms with van der Waals surface area (Å²) < 4.78 is 0. The van der Waals surface area contributed by atoms with Gasteiger partial charge in [0.1, 0.15) is 5.75 Å². The van der Waals surface area contributed by atoms with Gasteiger partial charge in [-0.15, -0.1) is 0 Å². The zero-order valence-electron chi connectivity index (χ0n) is 9.55. The number of hydrogen-bond donors (Lipinski definition) is 3. The third-order valence-corrected chi connectivity index (χ3v) is 2.61. The van der Waals surface area contributed by atoms with Gasteiger partial charge in [0.15, 0.2) is 5.69 Å². The van der Waals surface area contributed by atoms with Gasteiger partial charge < -0.3 is 15.7 Å². The van der Waals surface area contributed by atoms with Gasteiger partial charge in [-0.25, -0.2) is 0 Å². The van der Waals surface area contributed by atoms with E-state index in [1.54, 1.807) is 0 Å². The van der Waals surface area contributed by atoms with Crippen molar-refractivity contribution in [2.24, 2.45) is 0 Å². The summed E-state index contributed by atoms with van der Waals surface area (Å²) in [5.41, 5.74) is -0.486. The van der Waals surface area contributed by atoms with Crippen LogP contribution in [0.4, 0.5) is 11.4 Å². The molecule has 1 saturated carbocycles. The number of benzene rings is 1. The number of rotatable bonds is 5. The zero-order valence-corrected chi connectivity index (χ0v) is 9.55. The summed E-state index contributed by atoms with van der Waals surface area (Å²) in [7, 11) is 0. The van der Waals surface area contributed by atoms with Crippen LogP contribution >= 0.6 is 0 Å². The highest BCUT2D eigenvalue weighted by atomic mass is 16.6. The van der Waals surface area contributed by atoms with Crippen LogP contribution in [0, 0.1) is 10.1 Å². The largest absolute Gasteiger partial charge is 0.505 e. The van der Waals surface area contributed by atoms with Gasteiger partial charge in [0, 0.05) is 12.1 Å². The number of para-hydroxylation sites is 1. The van der Waals surface area contributed by atoms with E-state index in [0.717, 1.165) is 12.8 Å². The molecule has 0 saturated heterocycles. The van der Waals surface area contributed by atoms with Crippen LogP contribution in [-0.4, -0.2) is 28.5 Å². The fourth-order valence-electron chi connectivity index (χ4n) is 1.52. The Balaban J connectivity index is 2.06. The molecule has 7 nitrogen and oxygen atoms in total. The molecule has 0 radical (unpaired) electrons. The minimum Gasteiger partial charge on any atom is -0.505 e. The predicted octanol–water partition coefficient (Wildman–Crippen LogP) is 0.991. The van der Waals surface area contributed by atoms with Crippen LogP contribution in [0.1, 0.15) is 12.8 Å². The van der Waals surface area contributed by atoms with Crippen molar-refractivity contribution in [3.8, 4) is 5.75 Å². The zero-order chi connectivity index (χ0) is 13.1. The van der Waals surface area contributed by atoms with Crippen LogP contribution < -0.4 is 10.6 Å². The molecule has 1 aromatic rings. The van der Waals surface area contributed by atoms with E-state index in [-0.39, 0.29) is 23.7 Å². The highest BCUT2D eigenvalue weighted by Gasteiger charge is 2.23. The third-order valence-electron chi connectivity index (χ3n) is 2.61. The predicted molar refractivity (Wildman–Crippen MR) is 64.4 cm³/mol. The van der Waals surface area contributed by atoms with E-state index >= 15 is 0 Å². The van der Waals surface area contributed by atoms with E-state index in [1.165, 1.54) is 18.2 Å². The fraction of sp³-hybridized carbons (Fsp3) is 0.364. The quantitative estimate of drug-likeness (QED) is 0.411. The fourth-order valence-corrected chi connectivity index (χ4v) is 1.52. The first kappa shape index (κ1) is 12.3. The van der Waals surface area contributed by atoms with Crippen LogP contribution in [0.15, 0.2) is 18.2 Å². The first-order valence-electron chi connectivity index (χ1n) is 5.57. The Labute approximate surface area is 103 Å². The van der Waals surface area contributed by atoms with E-state index in [0.29, 0.717) is 6.04 Å². The van der Waals surface area contributed by atoms with Crippen molar-refractivity contribution in [3.05, 3.63) is 28.3 Å². The molecule has 7 heteroatoms. The summed E-state index contributed by atoms with van der Waals surface area (Å²) in [4.78, 5) is 21.7. The number of carbonyl (C=O) groups is 1. The summed E-state index contributed by atoms with van der Waals surface area (Å²) in [5, 5.41) is 25.6. The van der Waals surface area contributed by atoms with Crippen molar-refractivity contribution in [1.29, 1.82) is 0 Å². The van der Waals surface area contributed by atoms with Crippen molar-refractivity contribution in [2.75, 3.05) is 11.9 Å². The number of nitrogens with zero attached hydrogens (tertiary/aromatic N) is 1. The lowest BCUT2D eigenvalue weighted by atomic mass is 10.2. The molecule has 2 rings (SSSR count). The van der Waals surface area contributed by atoms with Gasteiger partial charge in [-0.2, -0.15) is 0 Å². The molecule has 1 fully saturated rings. The maximum atomic E-state index is 11.6. The molecular formula is C11H13N3O4. The lowest BCUT2D eigenvalue weighted by molar-refractivity contribution is -0.384. The number of aromatic hydroxyl groups is 1. The standard InChI is InChI=1S/C11H13N3O4/c15-9-3-1-2-8(14(17)18)11(9)13-10(16)6-12-7-4-5-7/h1-3,7,12,15H,4-6H2,(H,13,16). The average Bonchev–Trinajstić information content (AvgIpc) is 3.12. The van der Waals surface area contributed by atoms with Crippen molar-refractivity contribution in [1.82, 2.24) is 5.32 Å². The van der Waals surface area contributed by atoms with Crippen LogP contribution in [-0.2, 0) is 4.79 Å². The van der Waals surface area contributed by atoms with Crippen LogP contribution in [0.25, 0.3) is 0 Å². The number of phenolic OH excluding ortho intramolecular Hbond substituents is 1. The lowest BCUT2D eigenvalue weighted by Crippen LogP contribution is -2.29. The van der Waals surface area contributed by atoms with Crippen molar-refractivity contribution < 1.29 is 14.8 Å². The maximum Gasteiger partial charge on any atom is 0.296 e. The smallest absolute Gasteiger partial charge is 0.296 e. The molecule has 0 aliphatic heterocycles. The van der Waals surface area contributed by atoms with E-state index in [4.69, 9.17) is 0 Å². The average molecular weight is 251 g/mol. The van der Waals surface area contributed by atoms with Gasteiger partial charge in [-0.1, -0.05) is 6.07 Å². The van der Waals surface area contributed by atoms with Gasteiger partial charge in [0.25, 0.3) is 5.69 Å². The molecule has 1 aliphatic carbocycles. The van der Waals surface area contributed by atoms with Gasteiger partial charge in [0.2, 0.25) is 5.91 Å². The number of phenols is 1. The van der Waals surface area contributed by atoms with Crippen molar-refractivity contribution in [2.45, 2.75) is 18.9 Å². The summed E-state index contributed by atoms with van der Waals surface area (Å²) in [6.07, 6.45) is 2.09. The molecule has 0 spiro atoms. The SMILES string of the molecule is O=C(CNC1CC1)Nc1c(O)cccc1[N+](=O)[O-]. The second-order valence-electron chi connectivity index (χ2n) is 4.13. The Bertz CT molecular complexity index is 485. The molecule has 1 amide bonds. The number of amides is 1. The Morgan fingerprint density at radius 1 is 1.50 bits per heavy atom. The van der Waals surface area contributed by atoms with Crippen molar-refractivity contribution >= 4 is 17.3 Å². The molecule has 0 unspecified atom stereocenters.